The lowest BCUT2D eigenvalue weighted by atomic mass is 9.61. The van der Waals surface area contributed by atoms with Crippen LogP contribution in [0.3, 0.4) is 0 Å². The van der Waals surface area contributed by atoms with Gasteiger partial charge in [0.15, 0.2) is 0 Å². The highest BCUT2D eigenvalue weighted by atomic mass is 16.5. The molecule has 3 aliphatic carbocycles. The molecule has 0 saturated heterocycles. The standard InChI is InChI=1S/C16H29NO/c1-11-7-12(2)9-13(8-11)18-15-10-14(17)16(15)5-3-4-6-16/h11-15H,3-10,17H2,1-2H3. The van der Waals surface area contributed by atoms with E-state index in [4.69, 9.17) is 10.5 Å². The first-order valence-electron chi connectivity index (χ1n) is 8.01. The molecule has 3 aliphatic rings. The van der Waals surface area contributed by atoms with Crippen LogP contribution in [0, 0.1) is 17.3 Å². The Hall–Kier alpha value is -0.0800. The molecule has 3 fully saturated rings. The van der Waals surface area contributed by atoms with Crippen LogP contribution in [-0.4, -0.2) is 18.2 Å². The van der Waals surface area contributed by atoms with Crippen molar-refractivity contribution in [3.63, 3.8) is 0 Å². The Balaban J connectivity index is 1.60. The average Bonchev–Trinajstić information content (AvgIpc) is 2.79. The Kier molecular flexibility index (Phi) is 3.44. The van der Waals surface area contributed by atoms with E-state index in [0.717, 1.165) is 18.3 Å². The van der Waals surface area contributed by atoms with E-state index < -0.39 is 0 Å². The molecule has 1 spiro atoms. The van der Waals surface area contributed by atoms with Crippen LogP contribution >= 0.6 is 0 Å². The van der Waals surface area contributed by atoms with Gasteiger partial charge >= 0.3 is 0 Å². The molecule has 0 aliphatic heterocycles. The molecular formula is C16H29NO. The predicted molar refractivity (Wildman–Crippen MR) is 74.3 cm³/mol. The highest BCUT2D eigenvalue weighted by Gasteiger charge is 2.55. The SMILES string of the molecule is CC1CC(C)CC(OC2CC(N)C23CCCC3)C1. The summed E-state index contributed by atoms with van der Waals surface area (Å²) in [5, 5.41) is 0. The summed E-state index contributed by atoms with van der Waals surface area (Å²) in [6.45, 7) is 4.76. The lowest BCUT2D eigenvalue weighted by Crippen LogP contribution is -2.61. The second-order valence-corrected chi connectivity index (χ2v) is 7.45. The van der Waals surface area contributed by atoms with Crippen molar-refractivity contribution in [3.05, 3.63) is 0 Å². The maximum atomic E-state index is 6.50. The van der Waals surface area contributed by atoms with E-state index in [1.807, 2.05) is 0 Å². The van der Waals surface area contributed by atoms with Crippen molar-refractivity contribution >= 4 is 0 Å². The molecule has 3 saturated carbocycles. The van der Waals surface area contributed by atoms with Crippen LogP contribution in [0.1, 0.15) is 65.2 Å². The van der Waals surface area contributed by atoms with Crippen LogP contribution in [0.2, 0.25) is 0 Å². The fourth-order valence-corrected chi connectivity index (χ4v) is 4.91. The largest absolute Gasteiger partial charge is 0.374 e. The zero-order valence-corrected chi connectivity index (χ0v) is 12.0. The Bertz CT molecular complexity index is 287. The number of hydrogen-bond donors (Lipinski definition) is 1. The highest BCUT2D eigenvalue weighted by Crippen LogP contribution is 2.54. The first kappa shape index (κ1) is 12.9. The maximum Gasteiger partial charge on any atom is 0.0664 e. The van der Waals surface area contributed by atoms with Gasteiger partial charge in [-0.2, -0.15) is 0 Å². The van der Waals surface area contributed by atoms with Crippen LogP contribution in [0.15, 0.2) is 0 Å². The minimum atomic E-state index is 0.379. The normalized spacial score (nSPS) is 47.2. The molecule has 104 valence electrons. The number of hydrogen-bond acceptors (Lipinski definition) is 2. The summed E-state index contributed by atoms with van der Waals surface area (Å²) in [6.07, 6.45) is 11.4. The summed E-state index contributed by atoms with van der Waals surface area (Å²) < 4.78 is 6.50. The molecule has 0 bridgehead atoms. The van der Waals surface area contributed by atoms with Gasteiger partial charge in [-0.15, -0.1) is 0 Å². The van der Waals surface area contributed by atoms with E-state index in [2.05, 4.69) is 13.8 Å². The van der Waals surface area contributed by atoms with E-state index in [1.165, 1.54) is 44.9 Å². The summed E-state index contributed by atoms with van der Waals surface area (Å²) in [4.78, 5) is 0. The summed E-state index contributed by atoms with van der Waals surface area (Å²) >= 11 is 0. The summed E-state index contributed by atoms with van der Waals surface area (Å²) in [5.74, 6) is 1.68. The van der Waals surface area contributed by atoms with Gasteiger partial charge in [0.25, 0.3) is 0 Å². The van der Waals surface area contributed by atoms with Gasteiger partial charge in [0.05, 0.1) is 12.2 Å². The first-order valence-corrected chi connectivity index (χ1v) is 8.01. The molecule has 0 aromatic carbocycles. The Morgan fingerprint density at radius 3 is 2.11 bits per heavy atom. The molecule has 0 aromatic rings. The van der Waals surface area contributed by atoms with Crippen LogP contribution in [0.5, 0.6) is 0 Å². The molecule has 4 atom stereocenters. The van der Waals surface area contributed by atoms with Gasteiger partial charge in [0.1, 0.15) is 0 Å². The molecule has 4 unspecified atom stereocenters. The zero-order chi connectivity index (χ0) is 12.8. The van der Waals surface area contributed by atoms with Crippen LogP contribution < -0.4 is 5.73 Å². The topological polar surface area (TPSA) is 35.2 Å². The van der Waals surface area contributed by atoms with E-state index in [1.54, 1.807) is 0 Å². The fraction of sp³-hybridized carbons (Fsp3) is 1.00. The molecular weight excluding hydrogens is 222 g/mol. The summed E-state index contributed by atoms with van der Waals surface area (Å²) in [5.41, 5.74) is 6.67. The lowest BCUT2D eigenvalue weighted by molar-refractivity contribution is -0.165. The van der Waals surface area contributed by atoms with Crippen molar-refractivity contribution in [2.75, 3.05) is 0 Å². The molecule has 18 heavy (non-hydrogen) atoms. The van der Waals surface area contributed by atoms with Crippen LogP contribution in [0.4, 0.5) is 0 Å². The molecule has 0 radical (unpaired) electrons. The van der Waals surface area contributed by atoms with Crippen molar-refractivity contribution in [2.45, 2.75) is 83.5 Å². The first-order chi connectivity index (χ1) is 8.60. The minimum absolute atomic E-state index is 0.379. The maximum absolute atomic E-state index is 6.50. The van der Waals surface area contributed by atoms with Gasteiger partial charge in [-0.05, 0) is 50.4 Å². The second-order valence-electron chi connectivity index (χ2n) is 7.45. The van der Waals surface area contributed by atoms with Crippen molar-refractivity contribution in [1.82, 2.24) is 0 Å². The van der Waals surface area contributed by atoms with E-state index >= 15 is 0 Å². The quantitative estimate of drug-likeness (QED) is 0.815. The van der Waals surface area contributed by atoms with Crippen molar-refractivity contribution in [3.8, 4) is 0 Å². The Morgan fingerprint density at radius 2 is 1.56 bits per heavy atom. The second kappa shape index (κ2) is 4.79. The van der Waals surface area contributed by atoms with Gasteiger partial charge < -0.3 is 10.5 Å². The van der Waals surface area contributed by atoms with Crippen molar-refractivity contribution in [2.24, 2.45) is 23.0 Å². The monoisotopic (exact) mass is 251 g/mol. The number of nitrogens with two attached hydrogens (primary N) is 1. The molecule has 0 amide bonds. The third-order valence-corrected chi connectivity index (χ3v) is 5.87. The minimum Gasteiger partial charge on any atom is -0.374 e. The third kappa shape index (κ3) is 2.12. The van der Waals surface area contributed by atoms with Crippen molar-refractivity contribution < 1.29 is 4.74 Å². The van der Waals surface area contributed by atoms with Crippen molar-refractivity contribution in [1.29, 1.82) is 0 Å². The summed E-state index contributed by atoms with van der Waals surface area (Å²) in [7, 11) is 0. The van der Waals surface area contributed by atoms with Gasteiger partial charge in [-0.1, -0.05) is 26.7 Å². The van der Waals surface area contributed by atoms with Gasteiger partial charge in [-0.3, -0.25) is 0 Å². The van der Waals surface area contributed by atoms with E-state index in [-0.39, 0.29) is 0 Å². The average molecular weight is 251 g/mol. The van der Waals surface area contributed by atoms with E-state index in [9.17, 15) is 0 Å². The Labute approximate surface area is 112 Å². The number of ether oxygens (including phenoxy) is 1. The van der Waals surface area contributed by atoms with Gasteiger partial charge in [-0.25, -0.2) is 0 Å². The Morgan fingerprint density at radius 1 is 0.944 bits per heavy atom. The highest BCUT2D eigenvalue weighted by molar-refractivity contribution is 5.09. The molecule has 2 N–H and O–H groups in total. The molecule has 2 heteroatoms. The van der Waals surface area contributed by atoms with Crippen LogP contribution in [-0.2, 0) is 4.74 Å². The third-order valence-electron chi connectivity index (χ3n) is 5.87. The van der Waals surface area contributed by atoms with Crippen LogP contribution in [0.25, 0.3) is 0 Å². The number of rotatable bonds is 2. The van der Waals surface area contributed by atoms with E-state index in [0.29, 0.717) is 23.7 Å². The fourth-order valence-electron chi connectivity index (χ4n) is 4.91. The molecule has 0 aromatic heterocycles. The lowest BCUT2D eigenvalue weighted by Gasteiger charge is -2.54. The molecule has 0 heterocycles. The zero-order valence-electron chi connectivity index (χ0n) is 12.0. The summed E-state index contributed by atoms with van der Waals surface area (Å²) in [6, 6.07) is 0.420. The molecule has 2 nitrogen and oxygen atoms in total. The molecule has 3 rings (SSSR count). The van der Waals surface area contributed by atoms with Gasteiger partial charge in [0, 0.05) is 11.5 Å². The predicted octanol–water partition coefficient (Wildman–Crippen LogP) is 3.49. The smallest absolute Gasteiger partial charge is 0.0664 e. The van der Waals surface area contributed by atoms with Gasteiger partial charge in [0.2, 0.25) is 0 Å².